The predicted octanol–water partition coefficient (Wildman–Crippen LogP) is 0.644. The molecule has 1 aromatic rings. The van der Waals surface area contributed by atoms with E-state index in [1.54, 1.807) is 6.92 Å². The number of carboxylic acid groups (broad SMARTS) is 1. The summed E-state index contributed by atoms with van der Waals surface area (Å²) >= 11 is 0. The largest absolute Gasteiger partial charge is 0.508 e. The third-order valence-corrected chi connectivity index (χ3v) is 2.21. The fourth-order valence-corrected chi connectivity index (χ4v) is 1.36. The number of rotatable bonds is 4. The topological polar surface area (TPSA) is 98.1 Å². The maximum atomic E-state index is 11.9. The summed E-state index contributed by atoms with van der Waals surface area (Å²) in [5.41, 5.74) is -0.117. The van der Waals surface area contributed by atoms with Crippen LogP contribution in [-0.2, 0) is 4.79 Å². The van der Waals surface area contributed by atoms with Crippen LogP contribution < -0.4 is 0 Å². The lowest BCUT2D eigenvalue weighted by Gasteiger charge is -2.19. The molecule has 0 aromatic heterocycles. The Balaban J connectivity index is 3.01. The zero-order chi connectivity index (χ0) is 13.0. The molecule has 6 nitrogen and oxygen atoms in total. The van der Waals surface area contributed by atoms with Crippen molar-refractivity contribution in [2.45, 2.75) is 6.92 Å². The van der Waals surface area contributed by atoms with E-state index in [0.29, 0.717) is 0 Å². The maximum Gasteiger partial charge on any atom is 0.323 e. The molecule has 3 N–H and O–H groups in total. The first-order chi connectivity index (χ1) is 7.95. The molecule has 1 amide bonds. The number of aliphatic carboxylic acids is 1. The lowest BCUT2D eigenvalue weighted by atomic mass is 10.1. The molecule has 0 spiro atoms. The second-order valence-electron chi connectivity index (χ2n) is 3.41. The van der Waals surface area contributed by atoms with Crippen molar-refractivity contribution < 1.29 is 24.9 Å². The third kappa shape index (κ3) is 3.10. The summed E-state index contributed by atoms with van der Waals surface area (Å²) in [6, 6.07) is 3.51. The summed E-state index contributed by atoms with van der Waals surface area (Å²) in [6.07, 6.45) is 0. The van der Waals surface area contributed by atoms with Crippen molar-refractivity contribution in [2.24, 2.45) is 0 Å². The van der Waals surface area contributed by atoms with Gasteiger partial charge in [-0.25, -0.2) is 0 Å². The van der Waals surface area contributed by atoms with E-state index in [1.165, 1.54) is 12.1 Å². The number of hydrogen-bond acceptors (Lipinski definition) is 4. The highest BCUT2D eigenvalue weighted by atomic mass is 16.4. The van der Waals surface area contributed by atoms with E-state index in [-0.39, 0.29) is 23.6 Å². The lowest BCUT2D eigenvalue weighted by molar-refractivity contribution is -0.137. The van der Waals surface area contributed by atoms with Crippen LogP contribution in [0.4, 0.5) is 0 Å². The molecular weight excluding hydrogens is 226 g/mol. The summed E-state index contributed by atoms with van der Waals surface area (Å²) in [7, 11) is 0. The van der Waals surface area contributed by atoms with E-state index < -0.39 is 18.4 Å². The Bertz CT molecular complexity index is 443. The first-order valence-electron chi connectivity index (χ1n) is 4.98. The van der Waals surface area contributed by atoms with Crippen molar-refractivity contribution in [1.29, 1.82) is 0 Å². The Hall–Kier alpha value is -2.24. The van der Waals surface area contributed by atoms with Crippen LogP contribution in [0.1, 0.15) is 17.3 Å². The van der Waals surface area contributed by atoms with Gasteiger partial charge in [0.1, 0.15) is 18.0 Å². The molecule has 1 rings (SSSR count). The smallest absolute Gasteiger partial charge is 0.323 e. The molecule has 0 saturated heterocycles. The fraction of sp³-hybridized carbons (Fsp3) is 0.273. The van der Waals surface area contributed by atoms with Gasteiger partial charge < -0.3 is 20.2 Å². The van der Waals surface area contributed by atoms with E-state index in [1.807, 2.05) is 0 Å². The van der Waals surface area contributed by atoms with Crippen molar-refractivity contribution in [3.05, 3.63) is 23.8 Å². The van der Waals surface area contributed by atoms with Crippen LogP contribution in [0, 0.1) is 0 Å². The third-order valence-electron chi connectivity index (χ3n) is 2.21. The molecule has 0 atom stereocenters. The summed E-state index contributed by atoms with van der Waals surface area (Å²) < 4.78 is 0. The number of aromatic hydroxyl groups is 2. The number of carboxylic acids is 1. The molecule has 0 aliphatic heterocycles. The minimum Gasteiger partial charge on any atom is -0.508 e. The molecule has 17 heavy (non-hydrogen) atoms. The second-order valence-corrected chi connectivity index (χ2v) is 3.41. The molecule has 0 aliphatic carbocycles. The number of phenolic OH excluding ortho intramolecular Hbond substituents is 2. The predicted molar refractivity (Wildman–Crippen MR) is 59.0 cm³/mol. The number of likely N-dealkylation sites (N-methyl/N-ethyl adjacent to an activating group) is 1. The number of carbonyl (C=O) groups is 2. The minimum absolute atomic E-state index is 0.117. The number of amides is 1. The minimum atomic E-state index is -1.14. The molecule has 92 valence electrons. The van der Waals surface area contributed by atoms with Gasteiger partial charge in [0.05, 0.1) is 5.56 Å². The first-order valence-corrected chi connectivity index (χ1v) is 4.98. The van der Waals surface area contributed by atoms with Gasteiger partial charge in [0.15, 0.2) is 0 Å². The summed E-state index contributed by atoms with van der Waals surface area (Å²) in [6.45, 7) is 1.37. The van der Waals surface area contributed by atoms with E-state index >= 15 is 0 Å². The molecule has 0 fully saturated rings. The zero-order valence-corrected chi connectivity index (χ0v) is 9.25. The van der Waals surface area contributed by atoms with Gasteiger partial charge in [0, 0.05) is 6.54 Å². The van der Waals surface area contributed by atoms with E-state index in [0.717, 1.165) is 11.0 Å². The average Bonchev–Trinajstić information content (AvgIpc) is 2.28. The monoisotopic (exact) mass is 239 g/mol. The van der Waals surface area contributed by atoms with Gasteiger partial charge in [-0.3, -0.25) is 9.59 Å². The number of nitrogens with zero attached hydrogens (tertiary/aromatic N) is 1. The van der Waals surface area contributed by atoms with Gasteiger partial charge in [0.2, 0.25) is 0 Å². The number of hydrogen-bond donors (Lipinski definition) is 3. The van der Waals surface area contributed by atoms with Crippen molar-refractivity contribution in [3.63, 3.8) is 0 Å². The van der Waals surface area contributed by atoms with Crippen LogP contribution >= 0.6 is 0 Å². The van der Waals surface area contributed by atoms with Gasteiger partial charge in [-0.05, 0) is 25.1 Å². The Morgan fingerprint density at radius 3 is 2.47 bits per heavy atom. The summed E-state index contributed by atoms with van der Waals surface area (Å²) in [5.74, 6) is -2.24. The first kappa shape index (κ1) is 12.8. The highest BCUT2D eigenvalue weighted by Gasteiger charge is 2.20. The molecule has 0 radical (unpaired) electrons. The van der Waals surface area contributed by atoms with Crippen molar-refractivity contribution >= 4 is 11.9 Å². The molecule has 1 aromatic carbocycles. The van der Waals surface area contributed by atoms with Crippen LogP contribution in [-0.4, -0.2) is 45.2 Å². The Labute approximate surface area is 97.7 Å². The Kier molecular flexibility index (Phi) is 3.92. The standard InChI is InChI=1S/C11H13NO5/c1-2-12(6-10(15)16)11(17)8-5-7(13)3-4-9(8)14/h3-5,13-14H,2,6H2,1H3,(H,15,16). The molecule has 0 saturated carbocycles. The number of phenols is 2. The van der Waals surface area contributed by atoms with Crippen molar-refractivity contribution in [2.75, 3.05) is 13.1 Å². The van der Waals surface area contributed by atoms with Gasteiger partial charge >= 0.3 is 5.97 Å². The van der Waals surface area contributed by atoms with Crippen LogP contribution in [0.5, 0.6) is 11.5 Å². The molecule has 0 bridgehead atoms. The van der Waals surface area contributed by atoms with Gasteiger partial charge in [-0.15, -0.1) is 0 Å². The van der Waals surface area contributed by atoms with Crippen LogP contribution in [0.25, 0.3) is 0 Å². The normalized spacial score (nSPS) is 9.94. The Morgan fingerprint density at radius 1 is 1.29 bits per heavy atom. The quantitative estimate of drug-likeness (QED) is 0.670. The molecule has 0 aliphatic rings. The SMILES string of the molecule is CCN(CC(=O)O)C(=O)c1cc(O)ccc1O. The Morgan fingerprint density at radius 2 is 1.94 bits per heavy atom. The highest BCUT2D eigenvalue weighted by molar-refractivity contribution is 5.98. The summed E-state index contributed by atoms with van der Waals surface area (Å²) in [5, 5.41) is 27.3. The van der Waals surface area contributed by atoms with Crippen molar-refractivity contribution in [1.82, 2.24) is 4.90 Å². The molecular formula is C11H13NO5. The number of carbonyl (C=O) groups excluding carboxylic acids is 1. The summed E-state index contributed by atoms with van der Waals surface area (Å²) in [4.78, 5) is 23.5. The zero-order valence-electron chi connectivity index (χ0n) is 9.25. The van der Waals surface area contributed by atoms with Crippen LogP contribution in [0.15, 0.2) is 18.2 Å². The molecule has 0 unspecified atom stereocenters. The average molecular weight is 239 g/mol. The van der Waals surface area contributed by atoms with E-state index in [4.69, 9.17) is 5.11 Å². The van der Waals surface area contributed by atoms with E-state index in [2.05, 4.69) is 0 Å². The van der Waals surface area contributed by atoms with Gasteiger partial charge in [-0.1, -0.05) is 0 Å². The highest BCUT2D eigenvalue weighted by Crippen LogP contribution is 2.23. The second kappa shape index (κ2) is 5.20. The van der Waals surface area contributed by atoms with Crippen LogP contribution in [0.2, 0.25) is 0 Å². The molecule has 6 heteroatoms. The van der Waals surface area contributed by atoms with Crippen LogP contribution in [0.3, 0.4) is 0 Å². The lowest BCUT2D eigenvalue weighted by Crippen LogP contribution is -2.35. The van der Waals surface area contributed by atoms with Gasteiger partial charge in [-0.2, -0.15) is 0 Å². The van der Waals surface area contributed by atoms with Gasteiger partial charge in [0.25, 0.3) is 5.91 Å². The molecule has 0 heterocycles. The number of benzene rings is 1. The maximum absolute atomic E-state index is 11.9. The van der Waals surface area contributed by atoms with Crippen molar-refractivity contribution in [3.8, 4) is 11.5 Å². The van der Waals surface area contributed by atoms with E-state index in [9.17, 15) is 19.8 Å². The fourth-order valence-electron chi connectivity index (χ4n) is 1.36.